The first kappa shape index (κ1) is 19.1. The first-order chi connectivity index (χ1) is 12.7. The molecular formula is C20H25N3O3S. The Morgan fingerprint density at radius 2 is 1.81 bits per heavy atom. The van der Waals surface area contributed by atoms with Gasteiger partial charge in [-0.2, -0.15) is 0 Å². The second-order valence-electron chi connectivity index (χ2n) is 6.79. The minimum Gasteiger partial charge on any atom is -0.494 e. The fraction of sp³-hybridized carbons (Fsp3) is 0.300. The topological polar surface area (TPSA) is 86.3 Å². The number of nitrogens with two attached hydrogens (primary N) is 1. The minimum absolute atomic E-state index is 0.186. The second kappa shape index (κ2) is 7.15. The van der Waals surface area contributed by atoms with Gasteiger partial charge in [0, 0.05) is 28.7 Å². The molecule has 0 aliphatic rings. The van der Waals surface area contributed by atoms with Gasteiger partial charge in [-0.3, -0.25) is 4.72 Å². The van der Waals surface area contributed by atoms with E-state index in [2.05, 4.69) is 23.1 Å². The summed E-state index contributed by atoms with van der Waals surface area (Å²) in [5.41, 5.74) is 10.6. The highest BCUT2D eigenvalue weighted by molar-refractivity contribution is 7.92. The average molecular weight is 388 g/mol. The highest BCUT2D eigenvalue weighted by atomic mass is 32.2. The Hall–Kier alpha value is -2.67. The third-order valence-electron chi connectivity index (χ3n) is 4.30. The van der Waals surface area contributed by atoms with Crippen molar-refractivity contribution in [2.24, 2.45) is 0 Å². The Morgan fingerprint density at radius 1 is 1.15 bits per heavy atom. The standard InChI is InChI=1S/C20H25N3O3S/c1-5-26-16-10-11-17-18(12-16)23(13(2)3)20(19(17)21)14-6-8-15(9-7-14)22-27(4,24)25/h6-13,22H,5,21H2,1-4H3. The molecule has 27 heavy (non-hydrogen) atoms. The summed E-state index contributed by atoms with van der Waals surface area (Å²) in [7, 11) is -3.31. The molecule has 3 rings (SSSR count). The number of hydrogen-bond donors (Lipinski definition) is 2. The molecule has 3 aromatic rings. The molecule has 0 fully saturated rings. The Morgan fingerprint density at radius 3 is 2.37 bits per heavy atom. The van der Waals surface area contributed by atoms with E-state index in [1.807, 2.05) is 37.3 Å². The van der Waals surface area contributed by atoms with Crippen LogP contribution in [-0.4, -0.2) is 25.8 Å². The lowest BCUT2D eigenvalue weighted by Gasteiger charge is -2.16. The van der Waals surface area contributed by atoms with Gasteiger partial charge in [0.25, 0.3) is 0 Å². The number of rotatable bonds is 6. The normalized spacial score (nSPS) is 11.9. The fourth-order valence-corrected chi connectivity index (χ4v) is 3.88. The van der Waals surface area contributed by atoms with E-state index >= 15 is 0 Å². The lowest BCUT2D eigenvalue weighted by molar-refractivity contribution is 0.340. The molecule has 0 atom stereocenters. The van der Waals surface area contributed by atoms with Crippen LogP contribution in [-0.2, 0) is 10.0 Å². The van der Waals surface area contributed by atoms with E-state index in [-0.39, 0.29) is 6.04 Å². The van der Waals surface area contributed by atoms with Crippen molar-refractivity contribution in [2.75, 3.05) is 23.3 Å². The quantitative estimate of drug-likeness (QED) is 0.662. The number of benzene rings is 2. The lowest BCUT2D eigenvalue weighted by atomic mass is 10.1. The third-order valence-corrected chi connectivity index (χ3v) is 4.91. The predicted molar refractivity (Wildman–Crippen MR) is 112 cm³/mol. The third kappa shape index (κ3) is 3.88. The molecule has 6 nitrogen and oxygen atoms in total. The lowest BCUT2D eigenvalue weighted by Crippen LogP contribution is -2.09. The van der Waals surface area contributed by atoms with E-state index in [0.29, 0.717) is 18.0 Å². The largest absolute Gasteiger partial charge is 0.494 e. The maximum atomic E-state index is 11.4. The monoisotopic (exact) mass is 387 g/mol. The van der Waals surface area contributed by atoms with Gasteiger partial charge >= 0.3 is 0 Å². The Labute approximate surface area is 160 Å². The molecule has 0 saturated heterocycles. The van der Waals surface area contributed by atoms with Gasteiger partial charge in [0.1, 0.15) is 5.75 Å². The highest BCUT2D eigenvalue weighted by Crippen LogP contribution is 2.40. The number of sulfonamides is 1. The van der Waals surface area contributed by atoms with E-state index in [1.54, 1.807) is 12.1 Å². The SMILES string of the molecule is CCOc1ccc2c(N)c(-c3ccc(NS(C)(=O)=O)cc3)n(C(C)C)c2c1. The number of anilines is 2. The summed E-state index contributed by atoms with van der Waals surface area (Å²) in [4.78, 5) is 0. The van der Waals surface area contributed by atoms with Crippen LogP contribution in [0.25, 0.3) is 22.2 Å². The molecule has 0 radical (unpaired) electrons. The maximum absolute atomic E-state index is 11.4. The number of hydrogen-bond acceptors (Lipinski definition) is 4. The molecule has 0 spiro atoms. The van der Waals surface area contributed by atoms with Gasteiger partial charge in [0.2, 0.25) is 10.0 Å². The van der Waals surface area contributed by atoms with Crippen molar-refractivity contribution in [3.8, 4) is 17.0 Å². The number of nitrogens with zero attached hydrogens (tertiary/aromatic N) is 1. The van der Waals surface area contributed by atoms with Gasteiger partial charge < -0.3 is 15.0 Å². The van der Waals surface area contributed by atoms with Crippen LogP contribution in [0.2, 0.25) is 0 Å². The van der Waals surface area contributed by atoms with Crippen LogP contribution in [0.4, 0.5) is 11.4 Å². The highest BCUT2D eigenvalue weighted by Gasteiger charge is 2.19. The molecular weight excluding hydrogens is 362 g/mol. The Kier molecular flexibility index (Phi) is 5.06. The zero-order chi connectivity index (χ0) is 19.8. The number of nitrogen functional groups attached to an aromatic ring is 1. The van der Waals surface area contributed by atoms with E-state index in [1.165, 1.54) is 0 Å². The van der Waals surface area contributed by atoms with E-state index in [9.17, 15) is 8.42 Å². The molecule has 0 saturated carbocycles. The van der Waals surface area contributed by atoms with Crippen LogP contribution in [0, 0.1) is 0 Å². The van der Waals surface area contributed by atoms with Crippen molar-refractivity contribution in [1.29, 1.82) is 0 Å². The Balaban J connectivity index is 2.15. The van der Waals surface area contributed by atoms with Crippen LogP contribution >= 0.6 is 0 Å². The summed E-state index contributed by atoms with van der Waals surface area (Å²) in [5, 5.41) is 0.973. The van der Waals surface area contributed by atoms with Gasteiger partial charge in [-0.05, 0) is 45.0 Å². The molecule has 2 aromatic carbocycles. The van der Waals surface area contributed by atoms with Crippen LogP contribution in [0.15, 0.2) is 42.5 Å². The second-order valence-corrected chi connectivity index (χ2v) is 8.54. The van der Waals surface area contributed by atoms with Gasteiger partial charge in [0.05, 0.1) is 29.8 Å². The van der Waals surface area contributed by atoms with Gasteiger partial charge in [-0.1, -0.05) is 12.1 Å². The van der Waals surface area contributed by atoms with Crippen LogP contribution in [0.1, 0.15) is 26.8 Å². The molecule has 1 aromatic heterocycles. The summed E-state index contributed by atoms with van der Waals surface area (Å²) in [5.74, 6) is 0.809. The van der Waals surface area contributed by atoms with E-state index in [0.717, 1.165) is 34.2 Å². The Bertz CT molecular complexity index is 1070. The number of fused-ring (bicyclic) bond motifs is 1. The summed E-state index contributed by atoms with van der Waals surface area (Å²) in [6, 6.07) is 13.3. The summed E-state index contributed by atoms with van der Waals surface area (Å²) < 4.78 is 33.1. The van der Waals surface area contributed by atoms with Gasteiger partial charge in [-0.25, -0.2) is 8.42 Å². The number of nitrogens with one attached hydrogen (secondary N) is 1. The van der Waals surface area contributed by atoms with Crippen molar-refractivity contribution in [3.63, 3.8) is 0 Å². The molecule has 144 valence electrons. The molecule has 1 heterocycles. The van der Waals surface area contributed by atoms with E-state index in [4.69, 9.17) is 10.5 Å². The first-order valence-electron chi connectivity index (χ1n) is 8.85. The minimum atomic E-state index is -3.31. The molecule has 0 bridgehead atoms. The van der Waals surface area contributed by atoms with Crippen molar-refractivity contribution in [2.45, 2.75) is 26.8 Å². The number of ether oxygens (including phenoxy) is 1. The molecule has 7 heteroatoms. The molecule has 3 N–H and O–H groups in total. The maximum Gasteiger partial charge on any atom is 0.229 e. The summed E-state index contributed by atoms with van der Waals surface area (Å²) in [6.07, 6.45) is 1.13. The van der Waals surface area contributed by atoms with Crippen LogP contribution in [0.3, 0.4) is 0 Å². The van der Waals surface area contributed by atoms with Gasteiger partial charge in [0.15, 0.2) is 0 Å². The fourth-order valence-electron chi connectivity index (χ4n) is 3.31. The molecule has 0 aliphatic carbocycles. The molecule has 0 unspecified atom stereocenters. The van der Waals surface area contributed by atoms with Crippen molar-refractivity contribution < 1.29 is 13.2 Å². The molecule has 0 aliphatic heterocycles. The smallest absolute Gasteiger partial charge is 0.229 e. The van der Waals surface area contributed by atoms with Gasteiger partial charge in [-0.15, -0.1) is 0 Å². The average Bonchev–Trinajstić information content (AvgIpc) is 2.87. The molecule has 0 amide bonds. The van der Waals surface area contributed by atoms with Crippen LogP contribution < -0.4 is 15.2 Å². The van der Waals surface area contributed by atoms with Crippen molar-refractivity contribution in [1.82, 2.24) is 4.57 Å². The zero-order valence-electron chi connectivity index (χ0n) is 16.0. The summed E-state index contributed by atoms with van der Waals surface area (Å²) >= 11 is 0. The van der Waals surface area contributed by atoms with Crippen molar-refractivity contribution >= 4 is 32.3 Å². The zero-order valence-corrected chi connectivity index (χ0v) is 16.8. The summed E-state index contributed by atoms with van der Waals surface area (Å²) in [6.45, 7) is 6.77. The first-order valence-corrected chi connectivity index (χ1v) is 10.7. The van der Waals surface area contributed by atoms with E-state index < -0.39 is 10.0 Å². The predicted octanol–water partition coefficient (Wildman–Crippen LogP) is 4.24. The van der Waals surface area contributed by atoms with Crippen molar-refractivity contribution in [3.05, 3.63) is 42.5 Å². The van der Waals surface area contributed by atoms with Crippen LogP contribution in [0.5, 0.6) is 5.75 Å². The number of aromatic nitrogens is 1.